The summed E-state index contributed by atoms with van der Waals surface area (Å²) in [5.41, 5.74) is 3.69. The number of benzene rings is 1. The van der Waals surface area contributed by atoms with Crippen LogP contribution in [-0.4, -0.2) is 11.5 Å². The largest absolute Gasteiger partial charge is 0.307 e. The van der Waals surface area contributed by atoms with Gasteiger partial charge in [0.2, 0.25) is 0 Å². The van der Waals surface area contributed by atoms with Crippen molar-refractivity contribution in [1.82, 2.24) is 10.3 Å². The molecule has 1 heterocycles. The first-order valence-corrected chi connectivity index (χ1v) is 6.94. The van der Waals surface area contributed by atoms with Gasteiger partial charge in [-0.2, -0.15) is 0 Å². The predicted molar refractivity (Wildman–Crippen MR) is 82.2 cm³/mol. The first-order chi connectivity index (χ1) is 9.22. The van der Waals surface area contributed by atoms with Gasteiger partial charge in [-0.1, -0.05) is 36.8 Å². The Morgan fingerprint density at radius 1 is 1.26 bits per heavy atom. The SMILES string of the molecule is CCCNC(C=C(C)C)c1ccnc2ccccc12. The van der Waals surface area contributed by atoms with Crippen molar-refractivity contribution in [2.24, 2.45) is 0 Å². The molecule has 0 aliphatic carbocycles. The maximum Gasteiger partial charge on any atom is 0.0705 e. The number of pyridine rings is 1. The van der Waals surface area contributed by atoms with Crippen molar-refractivity contribution in [3.63, 3.8) is 0 Å². The van der Waals surface area contributed by atoms with Gasteiger partial charge in [-0.15, -0.1) is 0 Å². The minimum atomic E-state index is 0.262. The molecule has 0 aliphatic heterocycles. The molecule has 1 aromatic carbocycles. The smallest absolute Gasteiger partial charge is 0.0705 e. The highest BCUT2D eigenvalue weighted by atomic mass is 14.9. The first kappa shape index (κ1) is 13.8. The molecular formula is C17H22N2. The van der Waals surface area contributed by atoms with Crippen LogP contribution >= 0.6 is 0 Å². The van der Waals surface area contributed by atoms with E-state index >= 15 is 0 Å². The molecule has 0 saturated heterocycles. The number of allylic oxidation sites excluding steroid dienone is 1. The molecule has 2 aromatic rings. The third-order valence-corrected chi connectivity index (χ3v) is 3.13. The summed E-state index contributed by atoms with van der Waals surface area (Å²) in [6.45, 7) is 7.50. The second kappa shape index (κ2) is 6.48. The van der Waals surface area contributed by atoms with Crippen LogP contribution in [0.3, 0.4) is 0 Å². The van der Waals surface area contributed by atoms with Gasteiger partial charge in [0.05, 0.1) is 11.6 Å². The molecule has 1 N–H and O–H groups in total. The summed E-state index contributed by atoms with van der Waals surface area (Å²) in [5.74, 6) is 0. The Bertz CT molecular complexity index is 563. The van der Waals surface area contributed by atoms with Crippen LogP contribution in [0, 0.1) is 0 Å². The van der Waals surface area contributed by atoms with Crippen molar-refractivity contribution in [2.45, 2.75) is 33.2 Å². The maximum absolute atomic E-state index is 4.44. The lowest BCUT2D eigenvalue weighted by Crippen LogP contribution is -2.21. The highest BCUT2D eigenvalue weighted by Gasteiger charge is 2.11. The van der Waals surface area contributed by atoms with Crippen LogP contribution in [0.4, 0.5) is 0 Å². The van der Waals surface area contributed by atoms with E-state index in [1.807, 2.05) is 12.3 Å². The van der Waals surface area contributed by atoms with E-state index in [2.05, 4.69) is 61.4 Å². The van der Waals surface area contributed by atoms with Crippen LogP contribution in [0.25, 0.3) is 10.9 Å². The standard InChI is InChI=1S/C17H22N2/c1-4-10-18-17(12-13(2)3)15-9-11-19-16-8-6-5-7-14(15)16/h5-9,11-12,17-18H,4,10H2,1-3H3. The van der Waals surface area contributed by atoms with Crippen LogP contribution in [0.2, 0.25) is 0 Å². The van der Waals surface area contributed by atoms with E-state index in [1.165, 1.54) is 16.5 Å². The molecule has 0 fully saturated rings. The van der Waals surface area contributed by atoms with Crippen LogP contribution in [0.15, 0.2) is 48.2 Å². The highest BCUT2D eigenvalue weighted by Crippen LogP contribution is 2.24. The summed E-state index contributed by atoms with van der Waals surface area (Å²) < 4.78 is 0. The topological polar surface area (TPSA) is 24.9 Å². The molecule has 2 heteroatoms. The van der Waals surface area contributed by atoms with Gasteiger partial charge in [0.1, 0.15) is 0 Å². The van der Waals surface area contributed by atoms with Crippen molar-refractivity contribution in [3.05, 3.63) is 53.7 Å². The maximum atomic E-state index is 4.44. The first-order valence-electron chi connectivity index (χ1n) is 6.94. The molecule has 19 heavy (non-hydrogen) atoms. The second-order valence-electron chi connectivity index (χ2n) is 5.09. The quantitative estimate of drug-likeness (QED) is 0.807. The summed E-state index contributed by atoms with van der Waals surface area (Å²) in [4.78, 5) is 4.44. The lowest BCUT2D eigenvalue weighted by molar-refractivity contribution is 0.613. The van der Waals surface area contributed by atoms with Crippen molar-refractivity contribution >= 4 is 10.9 Å². The monoisotopic (exact) mass is 254 g/mol. The van der Waals surface area contributed by atoms with Gasteiger partial charge in [0.15, 0.2) is 0 Å². The molecule has 0 spiro atoms. The van der Waals surface area contributed by atoms with Gasteiger partial charge in [-0.3, -0.25) is 4.98 Å². The third-order valence-electron chi connectivity index (χ3n) is 3.13. The van der Waals surface area contributed by atoms with Gasteiger partial charge in [-0.25, -0.2) is 0 Å². The molecule has 1 aromatic heterocycles. The van der Waals surface area contributed by atoms with E-state index in [0.29, 0.717) is 0 Å². The zero-order valence-corrected chi connectivity index (χ0v) is 12.0. The molecule has 2 nitrogen and oxygen atoms in total. The fraction of sp³-hybridized carbons (Fsp3) is 0.353. The summed E-state index contributed by atoms with van der Waals surface area (Å²) in [6, 6.07) is 10.7. The molecule has 1 atom stereocenters. The Morgan fingerprint density at radius 2 is 2.05 bits per heavy atom. The van der Waals surface area contributed by atoms with Gasteiger partial charge in [0.25, 0.3) is 0 Å². The van der Waals surface area contributed by atoms with Crippen LogP contribution in [0.5, 0.6) is 0 Å². The number of hydrogen-bond acceptors (Lipinski definition) is 2. The van der Waals surface area contributed by atoms with Gasteiger partial charge >= 0.3 is 0 Å². The molecule has 0 bridgehead atoms. The van der Waals surface area contributed by atoms with Crippen LogP contribution in [0.1, 0.15) is 38.8 Å². The summed E-state index contributed by atoms with van der Waals surface area (Å²) in [5, 5.41) is 4.84. The summed E-state index contributed by atoms with van der Waals surface area (Å²) in [7, 11) is 0. The van der Waals surface area contributed by atoms with Gasteiger partial charge in [-0.05, 0) is 44.5 Å². The van der Waals surface area contributed by atoms with E-state index in [1.54, 1.807) is 0 Å². The minimum absolute atomic E-state index is 0.262. The predicted octanol–water partition coefficient (Wildman–Crippen LogP) is 4.24. The van der Waals surface area contributed by atoms with Gasteiger partial charge in [0, 0.05) is 11.6 Å². The molecule has 0 aliphatic rings. The zero-order chi connectivity index (χ0) is 13.7. The van der Waals surface area contributed by atoms with Crippen LogP contribution in [-0.2, 0) is 0 Å². The molecule has 2 rings (SSSR count). The van der Waals surface area contributed by atoms with E-state index in [4.69, 9.17) is 0 Å². The second-order valence-corrected chi connectivity index (χ2v) is 5.09. The average Bonchev–Trinajstić information content (AvgIpc) is 2.42. The van der Waals surface area contributed by atoms with Crippen LogP contribution < -0.4 is 5.32 Å². The normalized spacial score (nSPS) is 12.4. The van der Waals surface area contributed by atoms with Crippen molar-refractivity contribution in [3.8, 4) is 0 Å². The molecule has 0 saturated carbocycles. The van der Waals surface area contributed by atoms with E-state index in [0.717, 1.165) is 18.5 Å². The van der Waals surface area contributed by atoms with E-state index in [9.17, 15) is 0 Å². The van der Waals surface area contributed by atoms with Gasteiger partial charge < -0.3 is 5.32 Å². The number of nitrogens with one attached hydrogen (secondary N) is 1. The third kappa shape index (κ3) is 3.42. The Labute approximate surface area is 115 Å². The number of para-hydroxylation sites is 1. The summed E-state index contributed by atoms with van der Waals surface area (Å²) in [6.07, 6.45) is 5.32. The highest BCUT2D eigenvalue weighted by molar-refractivity contribution is 5.82. The molecule has 0 amide bonds. The summed E-state index contributed by atoms with van der Waals surface area (Å²) >= 11 is 0. The molecule has 100 valence electrons. The fourth-order valence-corrected chi connectivity index (χ4v) is 2.28. The number of fused-ring (bicyclic) bond motifs is 1. The minimum Gasteiger partial charge on any atom is -0.307 e. The lowest BCUT2D eigenvalue weighted by Gasteiger charge is -2.18. The van der Waals surface area contributed by atoms with E-state index in [-0.39, 0.29) is 6.04 Å². The Kier molecular flexibility index (Phi) is 4.69. The Balaban J connectivity index is 2.46. The molecular weight excluding hydrogens is 232 g/mol. The number of nitrogens with zero attached hydrogens (tertiary/aromatic N) is 1. The van der Waals surface area contributed by atoms with Crippen molar-refractivity contribution in [2.75, 3.05) is 6.54 Å². The molecule has 0 radical (unpaired) electrons. The fourth-order valence-electron chi connectivity index (χ4n) is 2.28. The van der Waals surface area contributed by atoms with E-state index < -0.39 is 0 Å². The van der Waals surface area contributed by atoms with Crippen molar-refractivity contribution in [1.29, 1.82) is 0 Å². The Hall–Kier alpha value is -1.67. The lowest BCUT2D eigenvalue weighted by atomic mass is 10.00. The number of hydrogen-bond donors (Lipinski definition) is 1. The van der Waals surface area contributed by atoms with Crippen molar-refractivity contribution < 1.29 is 0 Å². The number of rotatable bonds is 5. The number of aromatic nitrogens is 1. The molecule has 1 unspecified atom stereocenters. The zero-order valence-electron chi connectivity index (χ0n) is 12.0. The average molecular weight is 254 g/mol. The Morgan fingerprint density at radius 3 is 2.79 bits per heavy atom.